The van der Waals surface area contributed by atoms with E-state index in [-0.39, 0.29) is 6.61 Å². The van der Waals surface area contributed by atoms with Crippen molar-refractivity contribution < 1.29 is 9.84 Å². The summed E-state index contributed by atoms with van der Waals surface area (Å²) < 4.78 is 5.76. The van der Waals surface area contributed by atoms with Crippen LogP contribution >= 0.6 is 0 Å². The molecular weight excluding hydrogens is 266 g/mol. The zero-order valence-corrected chi connectivity index (χ0v) is 11.8. The van der Waals surface area contributed by atoms with E-state index >= 15 is 0 Å². The minimum absolute atomic E-state index is 0.126. The summed E-state index contributed by atoms with van der Waals surface area (Å²) in [4.78, 5) is 8.45. The molecule has 2 aromatic heterocycles. The highest BCUT2D eigenvalue weighted by Crippen LogP contribution is 2.23. The first-order chi connectivity index (χ1) is 10.3. The van der Waals surface area contributed by atoms with Crippen molar-refractivity contribution in [3.05, 3.63) is 42.5 Å². The number of nitrogens with zero attached hydrogens (tertiary/aromatic N) is 2. The van der Waals surface area contributed by atoms with Crippen LogP contribution < -0.4 is 10.1 Å². The lowest BCUT2D eigenvalue weighted by Crippen LogP contribution is -2.46. The Kier molecular flexibility index (Phi) is 4.43. The number of rotatable bonds is 6. The van der Waals surface area contributed by atoms with Crippen LogP contribution in [0.3, 0.4) is 0 Å². The number of aliphatic hydroxyl groups excluding tert-OH is 1. The van der Waals surface area contributed by atoms with E-state index in [1.165, 1.54) is 6.42 Å². The Morgan fingerprint density at radius 3 is 2.62 bits per heavy atom. The predicted octanol–water partition coefficient (Wildman–Crippen LogP) is 1.42. The molecule has 5 heteroatoms. The van der Waals surface area contributed by atoms with Crippen LogP contribution in [0.15, 0.2) is 36.9 Å². The average Bonchev–Trinajstić information content (AvgIpc) is 2.47. The Labute approximate surface area is 124 Å². The lowest BCUT2D eigenvalue weighted by atomic mass is 10.1. The van der Waals surface area contributed by atoms with Gasteiger partial charge in [-0.2, -0.15) is 0 Å². The van der Waals surface area contributed by atoms with Crippen LogP contribution in [0.1, 0.15) is 12.0 Å². The third-order valence-corrected chi connectivity index (χ3v) is 3.62. The van der Waals surface area contributed by atoms with Crippen molar-refractivity contribution in [3.8, 4) is 16.9 Å². The molecule has 1 aliphatic heterocycles. The molecule has 0 spiro atoms. The molecule has 1 unspecified atom stereocenters. The monoisotopic (exact) mass is 285 g/mol. The van der Waals surface area contributed by atoms with Gasteiger partial charge in [-0.15, -0.1) is 0 Å². The molecule has 3 heterocycles. The summed E-state index contributed by atoms with van der Waals surface area (Å²) in [7, 11) is 0. The molecule has 0 amide bonds. The molecule has 2 aromatic rings. The topological polar surface area (TPSA) is 67.3 Å². The molecule has 0 bridgehead atoms. The van der Waals surface area contributed by atoms with Gasteiger partial charge in [-0.3, -0.25) is 9.97 Å². The molecular formula is C16H19N3O2. The molecule has 5 nitrogen and oxygen atoms in total. The normalized spacial score (nSPS) is 17.3. The minimum Gasteiger partial charge on any atom is -0.490 e. The summed E-state index contributed by atoms with van der Waals surface area (Å²) in [5.41, 5.74) is 2.97. The van der Waals surface area contributed by atoms with E-state index < -0.39 is 0 Å². The van der Waals surface area contributed by atoms with Gasteiger partial charge in [0.15, 0.2) is 0 Å². The summed E-state index contributed by atoms with van der Waals surface area (Å²) in [6.45, 7) is 1.88. The van der Waals surface area contributed by atoms with Crippen LogP contribution in [0, 0.1) is 0 Å². The van der Waals surface area contributed by atoms with Crippen molar-refractivity contribution >= 4 is 0 Å². The number of pyridine rings is 2. The van der Waals surface area contributed by atoms with Crippen LogP contribution in [-0.2, 0) is 6.42 Å². The van der Waals surface area contributed by atoms with Crippen molar-refractivity contribution in [3.63, 3.8) is 0 Å². The number of aromatic nitrogens is 2. The van der Waals surface area contributed by atoms with Crippen molar-refractivity contribution in [1.29, 1.82) is 0 Å². The largest absolute Gasteiger partial charge is 0.490 e. The summed E-state index contributed by atoms with van der Waals surface area (Å²) in [5, 5.41) is 12.3. The van der Waals surface area contributed by atoms with E-state index in [9.17, 15) is 0 Å². The molecule has 1 fully saturated rings. The Hall–Kier alpha value is -1.98. The van der Waals surface area contributed by atoms with Gasteiger partial charge in [-0.1, -0.05) is 0 Å². The molecule has 1 aliphatic rings. The van der Waals surface area contributed by atoms with Gasteiger partial charge in [0.25, 0.3) is 0 Å². The molecule has 1 atom stereocenters. The average molecular weight is 285 g/mol. The maximum Gasteiger partial charge on any atom is 0.138 e. The van der Waals surface area contributed by atoms with Gasteiger partial charge >= 0.3 is 0 Å². The quantitative estimate of drug-likeness (QED) is 0.840. The highest BCUT2D eigenvalue weighted by molar-refractivity contribution is 5.63. The molecule has 0 radical (unpaired) electrons. The summed E-state index contributed by atoms with van der Waals surface area (Å²) in [6, 6.07) is 4.46. The molecule has 3 rings (SSSR count). The lowest BCUT2D eigenvalue weighted by Gasteiger charge is -2.27. The van der Waals surface area contributed by atoms with E-state index in [2.05, 4.69) is 15.3 Å². The number of ether oxygens (including phenoxy) is 1. The fourth-order valence-electron chi connectivity index (χ4n) is 2.25. The highest BCUT2D eigenvalue weighted by atomic mass is 16.5. The lowest BCUT2D eigenvalue weighted by molar-refractivity contribution is 0.217. The Morgan fingerprint density at radius 1 is 1.14 bits per heavy atom. The van der Waals surface area contributed by atoms with Crippen LogP contribution in [0.4, 0.5) is 0 Å². The number of hydrogen-bond acceptors (Lipinski definition) is 5. The van der Waals surface area contributed by atoms with Crippen molar-refractivity contribution in [2.45, 2.75) is 18.9 Å². The van der Waals surface area contributed by atoms with Gasteiger partial charge < -0.3 is 15.2 Å². The van der Waals surface area contributed by atoms with Crippen LogP contribution in [-0.4, -0.2) is 40.9 Å². The number of aliphatic hydroxyl groups is 1. The zero-order chi connectivity index (χ0) is 14.5. The van der Waals surface area contributed by atoms with Gasteiger partial charge in [-0.25, -0.2) is 0 Å². The fraction of sp³-hybridized carbons (Fsp3) is 0.375. The molecule has 0 aliphatic carbocycles. The second kappa shape index (κ2) is 6.65. The van der Waals surface area contributed by atoms with Gasteiger partial charge in [0.1, 0.15) is 12.4 Å². The van der Waals surface area contributed by atoms with Gasteiger partial charge in [0, 0.05) is 42.4 Å². The van der Waals surface area contributed by atoms with Gasteiger partial charge in [-0.05, 0) is 37.1 Å². The van der Waals surface area contributed by atoms with Crippen LogP contribution in [0.5, 0.6) is 5.75 Å². The maximum absolute atomic E-state index is 9.01. The SMILES string of the molecule is OCCc1cncc(-c2cncc(OCC3CCN3)c2)c1. The zero-order valence-electron chi connectivity index (χ0n) is 11.8. The smallest absolute Gasteiger partial charge is 0.138 e. The Balaban J connectivity index is 1.73. The molecule has 2 N–H and O–H groups in total. The van der Waals surface area contributed by atoms with E-state index in [4.69, 9.17) is 9.84 Å². The summed E-state index contributed by atoms with van der Waals surface area (Å²) in [5.74, 6) is 0.772. The van der Waals surface area contributed by atoms with Crippen LogP contribution in [0.2, 0.25) is 0 Å². The Morgan fingerprint density at radius 2 is 1.90 bits per heavy atom. The third-order valence-electron chi connectivity index (χ3n) is 3.62. The molecule has 0 saturated carbocycles. The molecule has 110 valence electrons. The first kappa shape index (κ1) is 14.0. The number of nitrogens with one attached hydrogen (secondary N) is 1. The van der Waals surface area contributed by atoms with Gasteiger partial charge in [0.2, 0.25) is 0 Å². The van der Waals surface area contributed by atoms with E-state index in [1.54, 1.807) is 24.8 Å². The number of hydrogen-bond donors (Lipinski definition) is 2. The van der Waals surface area contributed by atoms with E-state index in [0.717, 1.165) is 29.0 Å². The standard InChI is InChI=1S/C16H19N3O2/c20-4-2-12-5-13(8-17-7-12)14-6-16(10-18-9-14)21-11-15-1-3-19-15/h5-10,15,19-20H,1-4,11H2. The second-order valence-corrected chi connectivity index (χ2v) is 5.22. The van der Waals surface area contributed by atoms with E-state index in [1.807, 2.05) is 12.1 Å². The highest BCUT2D eigenvalue weighted by Gasteiger charge is 2.16. The summed E-state index contributed by atoms with van der Waals surface area (Å²) >= 11 is 0. The third kappa shape index (κ3) is 3.56. The van der Waals surface area contributed by atoms with Crippen molar-refractivity contribution in [2.75, 3.05) is 19.8 Å². The second-order valence-electron chi connectivity index (χ2n) is 5.22. The maximum atomic E-state index is 9.01. The first-order valence-electron chi connectivity index (χ1n) is 7.21. The van der Waals surface area contributed by atoms with Crippen LogP contribution in [0.25, 0.3) is 11.1 Å². The Bertz CT molecular complexity index is 600. The molecule has 0 aromatic carbocycles. The predicted molar refractivity (Wildman–Crippen MR) is 80.2 cm³/mol. The fourth-order valence-corrected chi connectivity index (χ4v) is 2.25. The van der Waals surface area contributed by atoms with Crippen molar-refractivity contribution in [1.82, 2.24) is 15.3 Å². The summed E-state index contributed by atoms with van der Waals surface area (Å²) in [6.07, 6.45) is 8.88. The van der Waals surface area contributed by atoms with E-state index in [0.29, 0.717) is 19.1 Å². The molecule has 21 heavy (non-hydrogen) atoms. The van der Waals surface area contributed by atoms with Crippen molar-refractivity contribution in [2.24, 2.45) is 0 Å². The first-order valence-corrected chi connectivity index (χ1v) is 7.21. The minimum atomic E-state index is 0.126. The van der Waals surface area contributed by atoms with Gasteiger partial charge in [0.05, 0.1) is 6.20 Å². The molecule has 1 saturated heterocycles.